The zero-order valence-corrected chi connectivity index (χ0v) is 5.34. The monoisotopic (exact) mass is 114 g/mol. The van der Waals surface area contributed by atoms with Crippen LogP contribution in [0.4, 0.5) is 0 Å². The number of hydrogen-bond donors (Lipinski definition) is 1. The maximum Gasteiger partial charge on any atom is 0.0986 e. The van der Waals surface area contributed by atoms with Crippen LogP contribution >= 0.6 is 0 Å². The summed E-state index contributed by atoms with van der Waals surface area (Å²) in [7, 11) is 0. The highest BCUT2D eigenvalue weighted by Gasteiger charge is 2.08. The lowest BCUT2D eigenvalue weighted by atomic mass is 10.1. The van der Waals surface area contributed by atoms with Gasteiger partial charge in [0.1, 0.15) is 0 Å². The molecule has 0 rings (SSSR count). The first-order valence-corrected chi connectivity index (χ1v) is 2.37. The SMILES string of the molecule is CC(C)(C)NN=[N+]=[N-]. The number of nitrogens with zero attached hydrogens (tertiary/aromatic N) is 3. The van der Waals surface area contributed by atoms with E-state index in [1.165, 1.54) is 0 Å². The molecule has 0 aliphatic rings. The van der Waals surface area contributed by atoms with Crippen LogP contribution in [0, 0.1) is 0 Å². The minimum absolute atomic E-state index is 0.119. The van der Waals surface area contributed by atoms with Crippen molar-refractivity contribution in [3.05, 3.63) is 10.4 Å². The summed E-state index contributed by atoms with van der Waals surface area (Å²) in [6, 6.07) is 0. The molecule has 0 aromatic carbocycles. The highest BCUT2D eigenvalue weighted by molar-refractivity contribution is 4.66. The van der Waals surface area contributed by atoms with Crippen LogP contribution in [0.15, 0.2) is 5.22 Å². The van der Waals surface area contributed by atoms with Gasteiger partial charge in [0.15, 0.2) is 0 Å². The summed E-state index contributed by atoms with van der Waals surface area (Å²) in [5, 5.41) is 3.17. The Balaban J connectivity index is 3.55. The van der Waals surface area contributed by atoms with Crippen molar-refractivity contribution in [2.45, 2.75) is 26.3 Å². The number of azide groups is 1. The highest BCUT2D eigenvalue weighted by atomic mass is 15.4. The molecular weight excluding hydrogens is 104 g/mol. The molecule has 0 atom stereocenters. The second-order valence-corrected chi connectivity index (χ2v) is 2.55. The zero-order valence-electron chi connectivity index (χ0n) is 5.34. The van der Waals surface area contributed by atoms with Crippen molar-refractivity contribution in [3.63, 3.8) is 0 Å². The van der Waals surface area contributed by atoms with Gasteiger partial charge in [0.2, 0.25) is 0 Å². The fourth-order valence-electron chi connectivity index (χ4n) is 0.172. The number of rotatable bonds is 1. The van der Waals surface area contributed by atoms with Crippen LogP contribution in [-0.4, -0.2) is 5.54 Å². The molecule has 8 heavy (non-hydrogen) atoms. The van der Waals surface area contributed by atoms with Crippen LogP contribution in [0.5, 0.6) is 0 Å². The lowest BCUT2D eigenvalue weighted by molar-refractivity contribution is 0.437. The van der Waals surface area contributed by atoms with Crippen LogP contribution in [-0.2, 0) is 0 Å². The van der Waals surface area contributed by atoms with E-state index in [2.05, 4.69) is 15.6 Å². The Bertz CT molecular complexity index is 106. The smallest absolute Gasteiger partial charge is 0.0986 e. The van der Waals surface area contributed by atoms with Crippen LogP contribution in [0.3, 0.4) is 0 Å². The van der Waals surface area contributed by atoms with Crippen molar-refractivity contribution >= 4 is 0 Å². The van der Waals surface area contributed by atoms with Gasteiger partial charge in [-0.05, 0) is 26.0 Å². The number of nitrogens with one attached hydrogen (secondary N) is 1. The van der Waals surface area contributed by atoms with E-state index in [-0.39, 0.29) is 5.54 Å². The Labute approximate surface area is 48.5 Å². The van der Waals surface area contributed by atoms with Gasteiger partial charge >= 0.3 is 0 Å². The molecule has 0 radical (unpaired) electrons. The van der Waals surface area contributed by atoms with E-state index in [9.17, 15) is 0 Å². The van der Waals surface area contributed by atoms with Gasteiger partial charge in [-0.3, -0.25) is 5.43 Å². The second-order valence-electron chi connectivity index (χ2n) is 2.55. The van der Waals surface area contributed by atoms with Crippen molar-refractivity contribution in [3.8, 4) is 0 Å². The van der Waals surface area contributed by atoms with E-state index < -0.39 is 0 Å². The first-order chi connectivity index (χ1) is 3.56. The predicted molar refractivity (Wildman–Crippen MR) is 32.0 cm³/mol. The molecule has 0 aromatic rings. The highest BCUT2D eigenvalue weighted by Crippen LogP contribution is 1.96. The van der Waals surface area contributed by atoms with Crippen molar-refractivity contribution in [1.82, 2.24) is 5.43 Å². The summed E-state index contributed by atoms with van der Waals surface area (Å²) in [6.07, 6.45) is 0. The summed E-state index contributed by atoms with van der Waals surface area (Å²) in [5.74, 6) is 0. The molecule has 0 saturated carbocycles. The van der Waals surface area contributed by atoms with Gasteiger partial charge in [-0.1, -0.05) is 0 Å². The minimum atomic E-state index is -0.119. The molecule has 0 aromatic heterocycles. The first kappa shape index (κ1) is 7.11. The zero-order chi connectivity index (χ0) is 6.62. The standard InChI is InChI=1S/C4H10N4/c1-4(2,3)6-8-7-5/h6H,1-3H3. The van der Waals surface area contributed by atoms with Gasteiger partial charge < -0.3 is 0 Å². The lowest BCUT2D eigenvalue weighted by Crippen LogP contribution is -2.30. The molecule has 0 unspecified atom stereocenters. The predicted octanol–water partition coefficient (Wildman–Crippen LogP) is 1.60. The average Bonchev–Trinajstić information content (AvgIpc) is 1.59. The molecule has 0 aliphatic carbocycles. The minimum Gasteiger partial charge on any atom is -0.257 e. The van der Waals surface area contributed by atoms with E-state index in [1.54, 1.807) is 0 Å². The topological polar surface area (TPSA) is 60.8 Å². The van der Waals surface area contributed by atoms with E-state index in [4.69, 9.17) is 5.53 Å². The first-order valence-electron chi connectivity index (χ1n) is 2.37. The molecular formula is C4H10N4. The van der Waals surface area contributed by atoms with Gasteiger partial charge in [0.25, 0.3) is 0 Å². The Morgan fingerprint density at radius 3 is 2.12 bits per heavy atom. The Morgan fingerprint density at radius 1 is 1.50 bits per heavy atom. The fraction of sp³-hybridized carbons (Fsp3) is 1.00. The summed E-state index contributed by atoms with van der Waals surface area (Å²) >= 11 is 0. The van der Waals surface area contributed by atoms with E-state index in [0.717, 1.165) is 0 Å². The third-order valence-electron chi connectivity index (χ3n) is 0.430. The Morgan fingerprint density at radius 2 is 2.00 bits per heavy atom. The van der Waals surface area contributed by atoms with E-state index >= 15 is 0 Å². The molecule has 0 saturated heterocycles. The normalized spacial score (nSPS) is 9.88. The molecule has 4 heteroatoms. The third-order valence-corrected chi connectivity index (χ3v) is 0.430. The van der Waals surface area contributed by atoms with E-state index in [1.807, 2.05) is 20.8 Å². The van der Waals surface area contributed by atoms with Crippen LogP contribution in [0.25, 0.3) is 10.4 Å². The molecule has 0 amide bonds. The maximum atomic E-state index is 7.83. The molecule has 0 aliphatic heterocycles. The largest absolute Gasteiger partial charge is 0.257 e. The lowest BCUT2D eigenvalue weighted by Gasteiger charge is -2.11. The fourth-order valence-corrected chi connectivity index (χ4v) is 0.172. The average molecular weight is 114 g/mol. The molecule has 4 nitrogen and oxygen atoms in total. The van der Waals surface area contributed by atoms with Crippen molar-refractivity contribution < 1.29 is 0 Å². The van der Waals surface area contributed by atoms with Crippen LogP contribution in [0.1, 0.15) is 20.8 Å². The van der Waals surface area contributed by atoms with Gasteiger partial charge in [-0.15, -0.1) is 5.53 Å². The molecule has 46 valence electrons. The summed E-state index contributed by atoms with van der Waals surface area (Å²) in [5.41, 5.74) is 10.3. The van der Waals surface area contributed by atoms with Gasteiger partial charge in [-0.2, -0.15) is 4.91 Å². The maximum absolute atomic E-state index is 7.83. The molecule has 0 bridgehead atoms. The third kappa shape index (κ3) is 5.11. The quantitative estimate of drug-likeness (QED) is 0.239. The summed E-state index contributed by atoms with van der Waals surface area (Å²) in [6.45, 7) is 5.76. The van der Waals surface area contributed by atoms with Crippen molar-refractivity contribution in [2.24, 2.45) is 5.22 Å². The van der Waals surface area contributed by atoms with Crippen LogP contribution < -0.4 is 5.43 Å². The van der Waals surface area contributed by atoms with Gasteiger partial charge in [0, 0.05) is 0 Å². The van der Waals surface area contributed by atoms with Gasteiger partial charge in [0.05, 0.1) is 5.54 Å². The van der Waals surface area contributed by atoms with E-state index in [0.29, 0.717) is 0 Å². The second kappa shape index (κ2) is 2.43. The number of hydrogen-bond acceptors (Lipinski definition) is 1. The molecule has 0 heterocycles. The molecule has 1 N–H and O–H groups in total. The van der Waals surface area contributed by atoms with Crippen molar-refractivity contribution in [2.75, 3.05) is 0 Å². The Hall–Kier alpha value is -0.890. The van der Waals surface area contributed by atoms with Crippen LogP contribution in [0.2, 0.25) is 0 Å². The Kier molecular flexibility index (Phi) is 2.16. The molecule has 0 fully saturated rings. The molecule has 0 spiro atoms. The van der Waals surface area contributed by atoms with Gasteiger partial charge in [-0.25, -0.2) is 0 Å². The summed E-state index contributed by atoms with van der Waals surface area (Å²) < 4.78 is 0. The summed E-state index contributed by atoms with van der Waals surface area (Å²) in [4.78, 5) is 2.53. The van der Waals surface area contributed by atoms with Crippen molar-refractivity contribution in [1.29, 1.82) is 0 Å².